The number of anilines is 1. The number of nitrogens with zero attached hydrogens (tertiary/aromatic N) is 4. The summed E-state index contributed by atoms with van der Waals surface area (Å²) < 4.78 is 5.59. The molecule has 1 fully saturated rings. The van der Waals surface area contributed by atoms with E-state index in [1.165, 1.54) is 0 Å². The maximum Gasteiger partial charge on any atom is 0.261 e. The molecule has 0 radical (unpaired) electrons. The molecule has 0 aliphatic carbocycles. The molecule has 35 heavy (non-hydrogen) atoms. The van der Waals surface area contributed by atoms with Gasteiger partial charge in [-0.3, -0.25) is 4.79 Å². The molecular weight excluding hydrogens is 462 g/mol. The number of halogens is 1. The third-order valence-electron chi connectivity index (χ3n) is 6.35. The summed E-state index contributed by atoms with van der Waals surface area (Å²) in [5.41, 5.74) is 2.66. The minimum Gasteiger partial charge on any atom is -0.356 e. The molecule has 4 aromatic rings. The third kappa shape index (κ3) is 5.20. The van der Waals surface area contributed by atoms with E-state index >= 15 is 0 Å². The molecule has 1 aliphatic rings. The van der Waals surface area contributed by atoms with E-state index < -0.39 is 0 Å². The SMILES string of the molecule is C[C@@H](NC(=O)C1CCN(c2ncccc2-c2nc(-c3cccc(Cl)c3)no2)CC1)c1ccccc1. The van der Waals surface area contributed by atoms with Gasteiger partial charge in [-0.05, 0) is 49.6 Å². The molecule has 0 unspecified atom stereocenters. The van der Waals surface area contributed by atoms with Gasteiger partial charge < -0.3 is 14.7 Å². The van der Waals surface area contributed by atoms with Gasteiger partial charge in [0.25, 0.3) is 5.89 Å². The van der Waals surface area contributed by atoms with Gasteiger partial charge in [0.2, 0.25) is 11.7 Å². The molecule has 8 heteroatoms. The first-order chi connectivity index (χ1) is 17.1. The van der Waals surface area contributed by atoms with Crippen molar-refractivity contribution in [2.75, 3.05) is 18.0 Å². The van der Waals surface area contributed by atoms with Crippen molar-refractivity contribution < 1.29 is 9.32 Å². The van der Waals surface area contributed by atoms with Crippen LogP contribution in [-0.2, 0) is 4.79 Å². The van der Waals surface area contributed by atoms with Crippen LogP contribution in [0.1, 0.15) is 31.4 Å². The monoisotopic (exact) mass is 487 g/mol. The molecule has 1 amide bonds. The summed E-state index contributed by atoms with van der Waals surface area (Å²) in [6.45, 7) is 3.46. The van der Waals surface area contributed by atoms with E-state index in [1.54, 1.807) is 18.3 Å². The summed E-state index contributed by atoms with van der Waals surface area (Å²) in [4.78, 5) is 24.3. The number of pyridine rings is 1. The highest BCUT2D eigenvalue weighted by molar-refractivity contribution is 6.30. The van der Waals surface area contributed by atoms with E-state index in [9.17, 15) is 4.79 Å². The summed E-state index contributed by atoms with van der Waals surface area (Å²) in [5, 5.41) is 7.91. The lowest BCUT2D eigenvalue weighted by Crippen LogP contribution is -2.41. The molecule has 3 heterocycles. The molecule has 2 aromatic heterocycles. The van der Waals surface area contributed by atoms with Crippen molar-refractivity contribution >= 4 is 23.3 Å². The highest BCUT2D eigenvalue weighted by atomic mass is 35.5. The zero-order chi connectivity index (χ0) is 24.2. The number of hydrogen-bond donors (Lipinski definition) is 1. The highest BCUT2D eigenvalue weighted by Gasteiger charge is 2.28. The van der Waals surface area contributed by atoms with Crippen LogP contribution < -0.4 is 10.2 Å². The molecule has 0 spiro atoms. The third-order valence-corrected chi connectivity index (χ3v) is 6.58. The Bertz CT molecular complexity index is 1300. The Morgan fingerprint density at radius 3 is 2.66 bits per heavy atom. The fourth-order valence-electron chi connectivity index (χ4n) is 4.40. The van der Waals surface area contributed by atoms with Crippen molar-refractivity contribution in [1.82, 2.24) is 20.4 Å². The molecule has 5 rings (SSSR count). The lowest BCUT2D eigenvalue weighted by atomic mass is 9.95. The first kappa shape index (κ1) is 23.1. The van der Waals surface area contributed by atoms with E-state index in [0.717, 1.165) is 48.4 Å². The number of carbonyl (C=O) groups excluding carboxylic acids is 1. The first-order valence-electron chi connectivity index (χ1n) is 11.7. The molecule has 1 aliphatic heterocycles. The summed E-state index contributed by atoms with van der Waals surface area (Å²) in [6.07, 6.45) is 3.26. The average Bonchev–Trinajstić information content (AvgIpc) is 3.40. The van der Waals surface area contributed by atoms with Gasteiger partial charge in [-0.1, -0.05) is 59.2 Å². The Balaban J connectivity index is 1.26. The average molecular weight is 488 g/mol. The largest absolute Gasteiger partial charge is 0.356 e. The normalized spacial score (nSPS) is 15.1. The molecular formula is C27H26ClN5O2. The van der Waals surface area contributed by atoms with E-state index in [2.05, 4.69) is 25.3 Å². The topological polar surface area (TPSA) is 84.2 Å². The smallest absolute Gasteiger partial charge is 0.261 e. The zero-order valence-corrected chi connectivity index (χ0v) is 20.2. The van der Waals surface area contributed by atoms with Gasteiger partial charge in [0.15, 0.2) is 0 Å². The molecule has 0 saturated carbocycles. The minimum absolute atomic E-state index is 0.0182. The summed E-state index contributed by atoms with van der Waals surface area (Å²) >= 11 is 6.11. The Morgan fingerprint density at radius 2 is 1.89 bits per heavy atom. The summed E-state index contributed by atoms with van der Waals surface area (Å²) in [6, 6.07) is 21.1. The number of carbonyl (C=O) groups is 1. The second-order valence-corrected chi connectivity index (χ2v) is 9.15. The van der Waals surface area contributed by atoms with E-state index in [4.69, 9.17) is 16.1 Å². The number of hydrogen-bond acceptors (Lipinski definition) is 6. The number of rotatable bonds is 6. The van der Waals surface area contributed by atoms with Crippen molar-refractivity contribution in [3.05, 3.63) is 83.5 Å². The fourth-order valence-corrected chi connectivity index (χ4v) is 4.59. The zero-order valence-electron chi connectivity index (χ0n) is 19.4. The second kappa shape index (κ2) is 10.3. The van der Waals surface area contributed by atoms with Crippen LogP contribution in [0.3, 0.4) is 0 Å². The van der Waals surface area contributed by atoms with Crippen LogP contribution in [0.5, 0.6) is 0 Å². The molecule has 7 nitrogen and oxygen atoms in total. The van der Waals surface area contributed by atoms with Crippen LogP contribution >= 0.6 is 11.6 Å². The van der Waals surface area contributed by atoms with Crippen LogP contribution in [-0.4, -0.2) is 34.1 Å². The quantitative estimate of drug-likeness (QED) is 0.384. The molecule has 1 atom stereocenters. The first-order valence-corrected chi connectivity index (χ1v) is 12.1. The molecule has 1 N–H and O–H groups in total. The van der Waals surface area contributed by atoms with Crippen LogP contribution in [0, 0.1) is 5.92 Å². The molecule has 0 bridgehead atoms. The molecule has 1 saturated heterocycles. The van der Waals surface area contributed by atoms with Crippen LogP contribution in [0.2, 0.25) is 5.02 Å². The molecule has 2 aromatic carbocycles. The van der Waals surface area contributed by atoms with Crippen LogP contribution in [0.25, 0.3) is 22.8 Å². The summed E-state index contributed by atoms with van der Waals surface area (Å²) in [5.74, 6) is 1.73. The van der Waals surface area contributed by atoms with Crippen LogP contribution in [0.4, 0.5) is 5.82 Å². The fraction of sp³-hybridized carbons (Fsp3) is 0.259. The van der Waals surface area contributed by atoms with E-state index in [1.807, 2.05) is 61.5 Å². The lowest BCUT2D eigenvalue weighted by molar-refractivity contribution is -0.126. The van der Waals surface area contributed by atoms with E-state index in [-0.39, 0.29) is 17.9 Å². The summed E-state index contributed by atoms with van der Waals surface area (Å²) in [7, 11) is 0. The minimum atomic E-state index is -0.0255. The number of amides is 1. The highest BCUT2D eigenvalue weighted by Crippen LogP contribution is 2.32. The Morgan fingerprint density at radius 1 is 1.09 bits per heavy atom. The predicted molar refractivity (Wildman–Crippen MR) is 136 cm³/mol. The van der Waals surface area contributed by atoms with Gasteiger partial charge in [0.05, 0.1) is 11.6 Å². The van der Waals surface area contributed by atoms with Crippen LogP contribution in [0.15, 0.2) is 77.4 Å². The number of benzene rings is 2. The Kier molecular flexibility index (Phi) is 6.77. The van der Waals surface area contributed by atoms with Crippen molar-refractivity contribution in [1.29, 1.82) is 0 Å². The number of piperidine rings is 1. The van der Waals surface area contributed by atoms with Crippen molar-refractivity contribution in [3.8, 4) is 22.8 Å². The number of nitrogens with one attached hydrogen (secondary N) is 1. The predicted octanol–water partition coefficient (Wildman–Crippen LogP) is 5.55. The van der Waals surface area contributed by atoms with Crippen molar-refractivity contribution in [2.24, 2.45) is 5.92 Å². The Labute approximate surface area is 209 Å². The van der Waals surface area contributed by atoms with Gasteiger partial charge in [0.1, 0.15) is 5.82 Å². The second-order valence-electron chi connectivity index (χ2n) is 8.71. The van der Waals surface area contributed by atoms with Gasteiger partial charge >= 0.3 is 0 Å². The van der Waals surface area contributed by atoms with Crippen molar-refractivity contribution in [2.45, 2.75) is 25.8 Å². The maximum absolute atomic E-state index is 12.9. The van der Waals surface area contributed by atoms with Gasteiger partial charge in [0, 0.05) is 35.8 Å². The molecule has 178 valence electrons. The van der Waals surface area contributed by atoms with Crippen molar-refractivity contribution in [3.63, 3.8) is 0 Å². The van der Waals surface area contributed by atoms with Gasteiger partial charge in [-0.25, -0.2) is 4.98 Å². The van der Waals surface area contributed by atoms with E-state index in [0.29, 0.717) is 16.7 Å². The lowest BCUT2D eigenvalue weighted by Gasteiger charge is -2.33. The van der Waals surface area contributed by atoms with Gasteiger partial charge in [-0.15, -0.1) is 0 Å². The maximum atomic E-state index is 12.9. The van der Waals surface area contributed by atoms with Gasteiger partial charge in [-0.2, -0.15) is 4.98 Å². The number of aromatic nitrogens is 3. The standard InChI is InChI=1S/C27H26ClN5O2/c1-18(19-7-3-2-4-8-19)30-26(34)20-12-15-33(16-13-20)25-23(11-6-14-29-25)27-31-24(32-35-27)21-9-5-10-22(28)17-21/h2-11,14,17-18,20H,12-13,15-16H2,1H3,(H,30,34)/t18-/m1/s1. The Hall–Kier alpha value is -3.71.